The van der Waals surface area contributed by atoms with Gasteiger partial charge < -0.3 is 15.3 Å². The summed E-state index contributed by atoms with van der Waals surface area (Å²) in [7, 11) is 0. The van der Waals surface area contributed by atoms with Gasteiger partial charge in [-0.3, -0.25) is 4.79 Å². The second kappa shape index (κ2) is 7.38. The largest absolute Gasteiger partial charge is 0.481 e. The molecule has 1 heterocycles. The number of carbonyl (C=O) groups is 2. The summed E-state index contributed by atoms with van der Waals surface area (Å²) in [5, 5.41) is 12.3. The molecule has 1 saturated heterocycles. The zero-order chi connectivity index (χ0) is 16.1. The van der Waals surface area contributed by atoms with Gasteiger partial charge in [-0.2, -0.15) is 11.8 Å². The molecule has 21 heavy (non-hydrogen) atoms. The van der Waals surface area contributed by atoms with Gasteiger partial charge in [0.2, 0.25) is 0 Å². The maximum atomic E-state index is 12.3. The predicted molar refractivity (Wildman–Crippen MR) is 86.8 cm³/mol. The van der Waals surface area contributed by atoms with E-state index in [0.717, 1.165) is 19.3 Å². The van der Waals surface area contributed by atoms with E-state index in [0.29, 0.717) is 26.1 Å². The number of nitrogens with zero attached hydrogens (tertiary/aromatic N) is 1. The van der Waals surface area contributed by atoms with E-state index in [1.807, 2.05) is 0 Å². The van der Waals surface area contributed by atoms with Crippen molar-refractivity contribution >= 4 is 23.8 Å². The summed E-state index contributed by atoms with van der Waals surface area (Å²) in [6.45, 7) is 7.54. The molecule has 1 fully saturated rings. The first-order valence-corrected chi connectivity index (χ1v) is 8.86. The van der Waals surface area contributed by atoms with Gasteiger partial charge in [0.15, 0.2) is 0 Å². The average molecular weight is 316 g/mol. The van der Waals surface area contributed by atoms with Gasteiger partial charge in [0.1, 0.15) is 0 Å². The second-order valence-corrected chi connectivity index (χ2v) is 7.42. The molecule has 1 aliphatic heterocycles. The summed E-state index contributed by atoms with van der Waals surface area (Å²) in [5.41, 5.74) is -0.818. The van der Waals surface area contributed by atoms with Crippen molar-refractivity contribution in [2.45, 2.75) is 51.2 Å². The fourth-order valence-corrected chi connectivity index (χ4v) is 3.59. The number of hydrogen-bond acceptors (Lipinski definition) is 3. The zero-order valence-corrected chi connectivity index (χ0v) is 14.4. The summed E-state index contributed by atoms with van der Waals surface area (Å²) < 4.78 is 0.0710. The van der Waals surface area contributed by atoms with Crippen LogP contribution in [0.4, 0.5) is 4.79 Å². The van der Waals surface area contributed by atoms with Crippen LogP contribution in [-0.2, 0) is 4.79 Å². The normalized spacial score (nSPS) is 23.0. The lowest BCUT2D eigenvalue weighted by atomic mass is 9.82. The van der Waals surface area contributed by atoms with Crippen molar-refractivity contribution in [2.24, 2.45) is 5.41 Å². The van der Waals surface area contributed by atoms with Gasteiger partial charge >= 0.3 is 12.0 Å². The van der Waals surface area contributed by atoms with E-state index < -0.39 is 11.4 Å². The molecule has 0 spiro atoms. The maximum Gasteiger partial charge on any atom is 0.317 e. The average Bonchev–Trinajstić information content (AvgIpc) is 2.49. The topological polar surface area (TPSA) is 69.6 Å². The van der Waals surface area contributed by atoms with Gasteiger partial charge in [-0.05, 0) is 38.9 Å². The molecular weight excluding hydrogens is 288 g/mol. The number of likely N-dealkylation sites (tertiary alicyclic amines) is 1. The first-order chi connectivity index (χ1) is 9.82. The Hall–Kier alpha value is -0.910. The van der Waals surface area contributed by atoms with Crippen LogP contribution in [0.15, 0.2) is 0 Å². The molecule has 0 bridgehead atoms. The van der Waals surface area contributed by atoms with Crippen LogP contribution >= 0.6 is 11.8 Å². The molecule has 0 aromatic heterocycles. The minimum Gasteiger partial charge on any atom is -0.481 e. The Balaban J connectivity index is 2.61. The van der Waals surface area contributed by atoms with Crippen molar-refractivity contribution in [1.82, 2.24) is 10.2 Å². The van der Waals surface area contributed by atoms with E-state index in [-0.39, 0.29) is 10.8 Å². The molecule has 1 aliphatic rings. The summed E-state index contributed by atoms with van der Waals surface area (Å²) in [6.07, 6.45) is 5.44. The van der Waals surface area contributed by atoms with Crippen molar-refractivity contribution in [3.63, 3.8) is 0 Å². The number of carbonyl (C=O) groups excluding carboxylic acids is 1. The van der Waals surface area contributed by atoms with Gasteiger partial charge in [0.25, 0.3) is 0 Å². The number of carboxylic acid groups (broad SMARTS) is 1. The monoisotopic (exact) mass is 316 g/mol. The quantitative estimate of drug-likeness (QED) is 0.790. The Bertz CT molecular complexity index is 377. The molecule has 0 saturated carbocycles. The molecule has 2 amide bonds. The molecule has 5 nitrogen and oxygen atoms in total. The van der Waals surface area contributed by atoms with Crippen LogP contribution < -0.4 is 5.32 Å². The number of urea groups is 1. The Morgan fingerprint density at radius 3 is 2.48 bits per heavy atom. The van der Waals surface area contributed by atoms with Crippen LogP contribution in [0, 0.1) is 5.41 Å². The number of nitrogens with one attached hydrogen (secondary N) is 1. The van der Waals surface area contributed by atoms with E-state index >= 15 is 0 Å². The fraction of sp³-hybridized carbons (Fsp3) is 0.867. The number of rotatable bonds is 6. The van der Waals surface area contributed by atoms with Crippen LogP contribution in [-0.4, -0.2) is 52.6 Å². The lowest BCUT2D eigenvalue weighted by Crippen LogP contribution is -2.53. The summed E-state index contributed by atoms with van der Waals surface area (Å²) in [6, 6.07) is -0.137. The van der Waals surface area contributed by atoms with Crippen LogP contribution in [0.25, 0.3) is 0 Å². The highest BCUT2D eigenvalue weighted by Gasteiger charge is 2.39. The number of carboxylic acids is 1. The van der Waals surface area contributed by atoms with E-state index in [4.69, 9.17) is 0 Å². The molecule has 0 aromatic rings. The Kier molecular flexibility index (Phi) is 6.38. The smallest absolute Gasteiger partial charge is 0.317 e. The van der Waals surface area contributed by atoms with Crippen LogP contribution in [0.3, 0.4) is 0 Å². The molecule has 122 valence electrons. The third-order valence-electron chi connectivity index (χ3n) is 4.78. The summed E-state index contributed by atoms with van der Waals surface area (Å²) in [5.74, 6) is -0.819. The van der Waals surface area contributed by atoms with Crippen LogP contribution in [0.2, 0.25) is 0 Å². The molecule has 6 heteroatoms. The highest BCUT2D eigenvalue weighted by molar-refractivity contribution is 8.00. The molecule has 1 rings (SSSR count). The molecule has 1 unspecified atom stereocenters. The van der Waals surface area contributed by atoms with Gasteiger partial charge in [-0.1, -0.05) is 13.8 Å². The Labute approximate surface area is 131 Å². The van der Waals surface area contributed by atoms with Crippen molar-refractivity contribution in [2.75, 3.05) is 25.9 Å². The van der Waals surface area contributed by atoms with Crippen LogP contribution in [0.1, 0.15) is 46.5 Å². The number of piperidine rings is 1. The van der Waals surface area contributed by atoms with E-state index in [1.165, 1.54) is 0 Å². The number of amides is 2. The molecule has 0 aliphatic carbocycles. The third-order valence-corrected chi connectivity index (χ3v) is 6.37. The lowest BCUT2D eigenvalue weighted by molar-refractivity contribution is -0.150. The Morgan fingerprint density at radius 2 is 2.00 bits per heavy atom. The number of aliphatic carboxylic acids is 1. The van der Waals surface area contributed by atoms with E-state index in [9.17, 15) is 14.7 Å². The first-order valence-electron chi connectivity index (χ1n) is 7.64. The van der Waals surface area contributed by atoms with Gasteiger partial charge in [-0.25, -0.2) is 4.79 Å². The summed E-state index contributed by atoms with van der Waals surface area (Å²) >= 11 is 1.78. The van der Waals surface area contributed by atoms with Gasteiger partial charge in [-0.15, -0.1) is 0 Å². The number of hydrogen-bond donors (Lipinski definition) is 2. The highest BCUT2D eigenvalue weighted by atomic mass is 32.2. The molecule has 2 N–H and O–H groups in total. The van der Waals surface area contributed by atoms with E-state index in [1.54, 1.807) is 23.6 Å². The van der Waals surface area contributed by atoms with Crippen molar-refractivity contribution in [3.05, 3.63) is 0 Å². The standard InChI is InChI=1S/C15H28N2O3S/c1-5-15(6-2,21-4)10-16-13(20)17-9-7-8-14(3,11-17)12(18)19/h5-11H2,1-4H3,(H,16,20)(H,18,19). The van der Waals surface area contributed by atoms with Gasteiger partial charge in [0.05, 0.1) is 5.41 Å². The minimum absolute atomic E-state index is 0.0710. The van der Waals surface area contributed by atoms with Crippen molar-refractivity contribution < 1.29 is 14.7 Å². The fourth-order valence-electron chi connectivity index (χ4n) is 2.80. The third kappa shape index (κ3) is 4.28. The highest BCUT2D eigenvalue weighted by Crippen LogP contribution is 2.31. The predicted octanol–water partition coefficient (Wildman–Crippen LogP) is 2.80. The molecule has 0 aromatic carbocycles. The second-order valence-electron chi connectivity index (χ2n) is 6.14. The molecule has 0 radical (unpaired) electrons. The van der Waals surface area contributed by atoms with Crippen LogP contribution in [0.5, 0.6) is 0 Å². The van der Waals surface area contributed by atoms with Crippen molar-refractivity contribution in [1.29, 1.82) is 0 Å². The number of thioether (sulfide) groups is 1. The van der Waals surface area contributed by atoms with Gasteiger partial charge in [0, 0.05) is 24.4 Å². The first kappa shape index (κ1) is 18.1. The minimum atomic E-state index is -0.819. The zero-order valence-electron chi connectivity index (χ0n) is 13.6. The maximum absolute atomic E-state index is 12.3. The molecular formula is C15H28N2O3S. The van der Waals surface area contributed by atoms with Crippen molar-refractivity contribution in [3.8, 4) is 0 Å². The molecule has 1 atom stereocenters. The Morgan fingerprint density at radius 1 is 1.38 bits per heavy atom. The van der Waals surface area contributed by atoms with E-state index in [2.05, 4.69) is 25.4 Å². The SMILES string of the molecule is CCC(CC)(CNC(=O)N1CCCC(C)(C(=O)O)C1)SC. The lowest BCUT2D eigenvalue weighted by Gasteiger charge is -2.38. The summed E-state index contributed by atoms with van der Waals surface area (Å²) in [4.78, 5) is 25.3.